The molecular formula is C14H19FOS. The summed E-state index contributed by atoms with van der Waals surface area (Å²) in [6.07, 6.45) is 3.51. The van der Waals surface area contributed by atoms with Gasteiger partial charge in [-0.3, -0.25) is 4.79 Å². The first-order chi connectivity index (χ1) is 8.06. The minimum absolute atomic E-state index is 0.0677. The summed E-state index contributed by atoms with van der Waals surface area (Å²) in [6.45, 7) is 5.38. The van der Waals surface area contributed by atoms with E-state index in [0.717, 1.165) is 17.1 Å². The first kappa shape index (κ1) is 14.2. The maximum absolute atomic E-state index is 13.4. The molecule has 17 heavy (non-hydrogen) atoms. The number of aryl methyl sites for hydroxylation is 1. The first-order valence-electron chi connectivity index (χ1n) is 6.00. The molecule has 0 aliphatic carbocycles. The predicted molar refractivity (Wildman–Crippen MR) is 71.4 cm³/mol. The number of unbranched alkanes of at least 4 members (excludes halogenated alkanes) is 2. The number of benzene rings is 1. The van der Waals surface area contributed by atoms with Gasteiger partial charge in [0, 0.05) is 10.5 Å². The van der Waals surface area contributed by atoms with E-state index in [1.807, 2.05) is 0 Å². The average Bonchev–Trinajstić information content (AvgIpc) is 2.28. The van der Waals surface area contributed by atoms with Crippen LogP contribution in [0.25, 0.3) is 0 Å². The molecule has 0 N–H and O–H groups in total. The Bertz CT molecular complexity index is 401. The van der Waals surface area contributed by atoms with Crippen LogP contribution in [0.2, 0.25) is 0 Å². The van der Waals surface area contributed by atoms with Gasteiger partial charge >= 0.3 is 0 Å². The number of hydrogen-bond acceptors (Lipinski definition) is 2. The molecule has 0 atom stereocenters. The molecule has 3 heteroatoms. The first-order valence-corrected chi connectivity index (χ1v) is 6.98. The van der Waals surface area contributed by atoms with E-state index >= 15 is 0 Å². The van der Waals surface area contributed by atoms with E-state index in [1.54, 1.807) is 24.8 Å². The van der Waals surface area contributed by atoms with E-state index in [0.29, 0.717) is 11.1 Å². The Kier molecular flexibility index (Phi) is 5.69. The topological polar surface area (TPSA) is 17.1 Å². The zero-order valence-corrected chi connectivity index (χ0v) is 11.5. The van der Waals surface area contributed by atoms with Gasteiger partial charge in [0.2, 0.25) is 0 Å². The zero-order valence-electron chi connectivity index (χ0n) is 10.7. The summed E-state index contributed by atoms with van der Waals surface area (Å²) in [5, 5.41) is 0. The number of rotatable bonds is 6. The molecule has 1 aromatic rings. The molecule has 94 valence electrons. The summed E-state index contributed by atoms with van der Waals surface area (Å²) in [5.74, 6) is 0.620. The van der Waals surface area contributed by atoms with Crippen molar-refractivity contribution in [2.75, 3.05) is 5.75 Å². The maximum Gasteiger partial charge on any atom is 0.161 e. The van der Waals surface area contributed by atoms with Gasteiger partial charge in [0.15, 0.2) is 5.78 Å². The van der Waals surface area contributed by atoms with Crippen LogP contribution in [0.4, 0.5) is 4.39 Å². The van der Waals surface area contributed by atoms with Crippen LogP contribution in [0.3, 0.4) is 0 Å². The third kappa shape index (κ3) is 4.15. The number of Topliss-reactive ketones (excluding diaryl/α,β-unsaturated/α-hetero) is 1. The second-order valence-corrected chi connectivity index (χ2v) is 5.35. The Balaban J connectivity index is 2.81. The molecule has 0 fully saturated rings. The minimum atomic E-state index is -0.298. The molecule has 0 saturated heterocycles. The molecule has 0 heterocycles. The average molecular weight is 254 g/mol. The lowest BCUT2D eigenvalue weighted by molar-refractivity contribution is 0.101. The monoisotopic (exact) mass is 254 g/mol. The van der Waals surface area contributed by atoms with Crippen molar-refractivity contribution in [1.29, 1.82) is 0 Å². The fraction of sp³-hybridized carbons (Fsp3) is 0.500. The van der Waals surface area contributed by atoms with Gasteiger partial charge in [-0.25, -0.2) is 4.39 Å². The van der Waals surface area contributed by atoms with Gasteiger partial charge in [0.25, 0.3) is 0 Å². The van der Waals surface area contributed by atoms with E-state index in [2.05, 4.69) is 6.92 Å². The van der Waals surface area contributed by atoms with Gasteiger partial charge in [-0.1, -0.05) is 19.8 Å². The molecule has 0 radical (unpaired) electrons. The molecule has 0 saturated carbocycles. The molecule has 0 bridgehead atoms. The van der Waals surface area contributed by atoms with Gasteiger partial charge in [-0.05, 0) is 43.7 Å². The molecule has 1 nitrogen and oxygen atoms in total. The smallest absolute Gasteiger partial charge is 0.161 e. The van der Waals surface area contributed by atoms with Gasteiger partial charge in [-0.2, -0.15) is 0 Å². The van der Waals surface area contributed by atoms with Gasteiger partial charge < -0.3 is 0 Å². The number of halogens is 1. The summed E-state index contributed by atoms with van der Waals surface area (Å²) < 4.78 is 13.4. The maximum atomic E-state index is 13.4. The number of carbonyl (C=O) groups excluding carboxylic acids is 1. The van der Waals surface area contributed by atoms with Gasteiger partial charge in [0.1, 0.15) is 5.82 Å². The molecule has 0 aliphatic heterocycles. The highest BCUT2D eigenvalue weighted by molar-refractivity contribution is 7.99. The predicted octanol–water partition coefficient (Wildman–Crippen LogP) is 4.62. The van der Waals surface area contributed by atoms with Crippen LogP contribution in [0, 0.1) is 12.7 Å². The van der Waals surface area contributed by atoms with Crippen molar-refractivity contribution in [3.8, 4) is 0 Å². The van der Waals surface area contributed by atoms with E-state index in [1.165, 1.54) is 25.8 Å². The Hall–Kier alpha value is -0.830. The van der Waals surface area contributed by atoms with Crippen molar-refractivity contribution in [1.82, 2.24) is 0 Å². The molecule has 1 aromatic carbocycles. The molecule has 0 unspecified atom stereocenters. The van der Waals surface area contributed by atoms with E-state index < -0.39 is 0 Å². The van der Waals surface area contributed by atoms with Crippen molar-refractivity contribution < 1.29 is 9.18 Å². The summed E-state index contributed by atoms with van der Waals surface area (Å²) in [5.41, 5.74) is 1.11. The number of ketones is 1. The lowest BCUT2D eigenvalue weighted by Crippen LogP contribution is -1.99. The summed E-state index contributed by atoms with van der Waals surface area (Å²) in [7, 11) is 0. The summed E-state index contributed by atoms with van der Waals surface area (Å²) >= 11 is 1.65. The number of thioether (sulfide) groups is 1. The van der Waals surface area contributed by atoms with Crippen LogP contribution in [0.1, 0.15) is 49.0 Å². The number of hydrogen-bond donors (Lipinski definition) is 0. The highest BCUT2D eigenvalue weighted by atomic mass is 32.2. The second kappa shape index (κ2) is 6.80. The Labute approximate surface area is 107 Å². The molecule has 0 aromatic heterocycles. The lowest BCUT2D eigenvalue weighted by Gasteiger charge is -2.08. The quantitative estimate of drug-likeness (QED) is 0.418. The fourth-order valence-corrected chi connectivity index (χ4v) is 2.77. The van der Waals surface area contributed by atoms with Crippen molar-refractivity contribution in [3.05, 3.63) is 29.1 Å². The standard InChI is InChI=1S/C14H19FOS/c1-4-5-6-7-17-14-8-10(2)13(15)9-12(14)11(3)16/h8-9H,4-7H2,1-3H3. The summed E-state index contributed by atoms with van der Waals surface area (Å²) in [4.78, 5) is 12.3. The zero-order chi connectivity index (χ0) is 12.8. The van der Waals surface area contributed by atoms with E-state index in [9.17, 15) is 9.18 Å². The van der Waals surface area contributed by atoms with Crippen LogP contribution in [0.15, 0.2) is 17.0 Å². The SMILES string of the molecule is CCCCCSc1cc(C)c(F)cc1C(C)=O. The second-order valence-electron chi connectivity index (χ2n) is 4.21. The van der Waals surface area contributed by atoms with E-state index in [-0.39, 0.29) is 11.6 Å². The van der Waals surface area contributed by atoms with Crippen molar-refractivity contribution in [3.63, 3.8) is 0 Å². The molecule has 0 amide bonds. The Morgan fingerprint density at radius 3 is 2.65 bits per heavy atom. The van der Waals surface area contributed by atoms with Crippen LogP contribution in [-0.4, -0.2) is 11.5 Å². The highest BCUT2D eigenvalue weighted by Crippen LogP contribution is 2.27. The third-order valence-electron chi connectivity index (χ3n) is 2.65. The summed E-state index contributed by atoms with van der Waals surface area (Å²) in [6, 6.07) is 3.14. The van der Waals surface area contributed by atoms with Crippen LogP contribution in [0.5, 0.6) is 0 Å². The molecule has 0 aliphatic rings. The molecule has 0 spiro atoms. The fourth-order valence-electron chi connectivity index (χ4n) is 1.58. The Morgan fingerprint density at radius 2 is 2.06 bits per heavy atom. The minimum Gasteiger partial charge on any atom is -0.294 e. The van der Waals surface area contributed by atoms with E-state index in [4.69, 9.17) is 0 Å². The third-order valence-corrected chi connectivity index (χ3v) is 3.79. The van der Waals surface area contributed by atoms with Crippen molar-refractivity contribution >= 4 is 17.5 Å². The van der Waals surface area contributed by atoms with Crippen molar-refractivity contribution in [2.24, 2.45) is 0 Å². The van der Waals surface area contributed by atoms with Crippen molar-refractivity contribution in [2.45, 2.75) is 44.9 Å². The molecule has 1 rings (SSSR count). The Morgan fingerprint density at radius 1 is 1.35 bits per heavy atom. The lowest BCUT2D eigenvalue weighted by atomic mass is 10.1. The largest absolute Gasteiger partial charge is 0.294 e. The van der Waals surface area contributed by atoms with Crippen LogP contribution < -0.4 is 0 Å². The van der Waals surface area contributed by atoms with Gasteiger partial charge in [0.05, 0.1) is 0 Å². The normalized spacial score (nSPS) is 10.6. The molecular weight excluding hydrogens is 235 g/mol. The highest BCUT2D eigenvalue weighted by Gasteiger charge is 2.11. The van der Waals surface area contributed by atoms with Crippen LogP contribution >= 0.6 is 11.8 Å². The van der Waals surface area contributed by atoms with Gasteiger partial charge in [-0.15, -0.1) is 11.8 Å². The van der Waals surface area contributed by atoms with Crippen LogP contribution in [-0.2, 0) is 0 Å². The number of carbonyl (C=O) groups is 1.